The number of rotatable bonds is 6. The van der Waals surface area contributed by atoms with Gasteiger partial charge in [-0.1, -0.05) is 0 Å². The van der Waals surface area contributed by atoms with Gasteiger partial charge in [-0.25, -0.2) is 0 Å². The minimum Gasteiger partial charge on any atom is -0.469 e. The molecule has 0 heterocycles. The molecule has 0 saturated carbocycles. The minimum absolute atomic E-state index is 0.0726. The largest absolute Gasteiger partial charge is 0.469 e. The number of hydrogen-bond acceptors (Lipinski definition) is 4. The zero-order valence-corrected chi connectivity index (χ0v) is 10.8. The fraction of sp³-hybridized carbons (Fsp3) is 0.818. The van der Waals surface area contributed by atoms with Gasteiger partial charge in [-0.05, 0) is 13.8 Å². The van der Waals surface area contributed by atoms with E-state index >= 15 is 0 Å². The third-order valence-electron chi connectivity index (χ3n) is 2.32. The highest BCUT2D eigenvalue weighted by molar-refractivity contribution is 5.76. The number of hydrogen-bond donors (Lipinski definition) is 1. The normalized spacial score (nSPS) is 11.1. The maximum Gasteiger partial charge on any atom is 0.312 e. The Hall–Kier alpha value is -1.10. The quantitative estimate of drug-likeness (QED) is 0.525. The maximum atomic E-state index is 11.3. The lowest BCUT2D eigenvalue weighted by Gasteiger charge is -2.21. The summed E-state index contributed by atoms with van der Waals surface area (Å²) in [5.74, 6) is -0.178. The number of nitrogens with one attached hydrogen (secondary N) is 1. The number of methoxy groups -OCH3 is 1. The molecule has 16 heavy (non-hydrogen) atoms. The topological polar surface area (TPSA) is 58.6 Å². The molecule has 0 aromatic rings. The van der Waals surface area contributed by atoms with E-state index in [1.807, 2.05) is 0 Å². The van der Waals surface area contributed by atoms with E-state index in [0.29, 0.717) is 19.5 Å². The van der Waals surface area contributed by atoms with Crippen LogP contribution in [0.3, 0.4) is 0 Å². The van der Waals surface area contributed by atoms with Gasteiger partial charge < -0.3 is 15.0 Å². The van der Waals surface area contributed by atoms with Gasteiger partial charge in [0.2, 0.25) is 5.91 Å². The Labute approximate surface area is 97.1 Å². The van der Waals surface area contributed by atoms with E-state index < -0.39 is 5.41 Å². The summed E-state index contributed by atoms with van der Waals surface area (Å²) in [4.78, 5) is 24.1. The second kappa shape index (κ2) is 6.48. The monoisotopic (exact) mass is 230 g/mol. The lowest BCUT2D eigenvalue weighted by Crippen LogP contribution is -2.38. The van der Waals surface area contributed by atoms with Crippen LogP contribution in [0.5, 0.6) is 0 Å². The lowest BCUT2D eigenvalue weighted by atomic mass is 9.94. The summed E-state index contributed by atoms with van der Waals surface area (Å²) in [5.41, 5.74) is -0.560. The fourth-order valence-electron chi connectivity index (χ4n) is 1.17. The van der Waals surface area contributed by atoms with E-state index in [-0.39, 0.29) is 11.9 Å². The van der Waals surface area contributed by atoms with Crippen molar-refractivity contribution in [2.75, 3.05) is 34.3 Å². The second-order valence-corrected chi connectivity index (χ2v) is 4.59. The van der Waals surface area contributed by atoms with Crippen molar-refractivity contribution in [2.24, 2.45) is 5.41 Å². The van der Waals surface area contributed by atoms with E-state index in [1.54, 1.807) is 32.8 Å². The first kappa shape index (κ1) is 14.9. The highest BCUT2D eigenvalue weighted by Crippen LogP contribution is 2.15. The van der Waals surface area contributed by atoms with Crippen LogP contribution in [-0.2, 0) is 14.3 Å². The third kappa shape index (κ3) is 5.11. The standard InChI is InChI=1S/C11H22N2O3/c1-11(2,10(15)16-5)8-12-7-6-9(14)13(3)4/h12H,6-8H2,1-5H3. The average molecular weight is 230 g/mol. The third-order valence-corrected chi connectivity index (χ3v) is 2.32. The van der Waals surface area contributed by atoms with E-state index in [4.69, 9.17) is 0 Å². The summed E-state index contributed by atoms with van der Waals surface area (Å²) >= 11 is 0. The van der Waals surface area contributed by atoms with Gasteiger partial charge in [-0.2, -0.15) is 0 Å². The first-order chi connectivity index (χ1) is 7.31. The van der Waals surface area contributed by atoms with Crippen molar-refractivity contribution in [3.63, 3.8) is 0 Å². The average Bonchev–Trinajstić information content (AvgIpc) is 2.22. The molecule has 0 fully saturated rings. The Morgan fingerprint density at radius 1 is 1.31 bits per heavy atom. The Morgan fingerprint density at radius 2 is 1.88 bits per heavy atom. The van der Waals surface area contributed by atoms with Gasteiger partial charge >= 0.3 is 5.97 Å². The summed E-state index contributed by atoms with van der Waals surface area (Å²) in [7, 11) is 4.82. The molecule has 5 nitrogen and oxygen atoms in total. The molecule has 94 valence electrons. The summed E-state index contributed by atoms with van der Waals surface area (Å²) in [5, 5.41) is 3.08. The molecule has 5 heteroatoms. The van der Waals surface area contributed by atoms with Gasteiger partial charge in [0.05, 0.1) is 12.5 Å². The molecule has 0 spiro atoms. The van der Waals surface area contributed by atoms with Crippen LogP contribution in [-0.4, -0.2) is 51.1 Å². The van der Waals surface area contributed by atoms with Crippen LogP contribution >= 0.6 is 0 Å². The molecule has 0 aliphatic heterocycles. The van der Waals surface area contributed by atoms with Crippen LogP contribution in [0.25, 0.3) is 0 Å². The zero-order chi connectivity index (χ0) is 12.8. The van der Waals surface area contributed by atoms with Crippen molar-refractivity contribution < 1.29 is 14.3 Å². The number of esters is 1. The molecule has 0 saturated heterocycles. The van der Waals surface area contributed by atoms with Gasteiger partial charge in [0.15, 0.2) is 0 Å². The minimum atomic E-state index is -0.560. The molecule has 0 atom stereocenters. The number of ether oxygens (including phenoxy) is 1. The summed E-state index contributed by atoms with van der Waals surface area (Å²) in [6.45, 7) is 4.68. The van der Waals surface area contributed by atoms with Crippen LogP contribution in [0.15, 0.2) is 0 Å². The molecular weight excluding hydrogens is 208 g/mol. The molecule has 0 radical (unpaired) electrons. The summed E-state index contributed by atoms with van der Waals surface area (Å²) in [6, 6.07) is 0. The van der Waals surface area contributed by atoms with Crippen molar-refractivity contribution >= 4 is 11.9 Å². The first-order valence-corrected chi connectivity index (χ1v) is 5.30. The highest BCUT2D eigenvalue weighted by atomic mass is 16.5. The van der Waals surface area contributed by atoms with Gasteiger partial charge in [-0.3, -0.25) is 9.59 Å². The summed E-state index contributed by atoms with van der Waals surface area (Å²) in [6.07, 6.45) is 0.435. The van der Waals surface area contributed by atoms with Crippen LogP contribution in [0, 0.1) is 5.41 Å². The SMILES string of the molecule is COC(=O)C(C)(C)CNCCC(=O)N(C)C. The van der Waals surface area contributed by atoms with Crippen LogP contribution in [0.1, 0.15) is 20.3 Å². The van der Waals surface area contributed by atoms with Crippen LogP contribution < -0.4 is 5.32 Å². The molecule has 1 N–H and O–H groups in total. The molecule has 1 amide bonds. The van der Waals surface area contributed by atoms with Gasteiger partial charge in [0.25, 0.3) is 0 Å². The van der Waals surface area contributed by atoms with Crippen molar-refractivity contribution in [1.29, 1.82) is 0 Å². The molecule has 0 rings (SSSR count). The smallest absolute Gasteiger partial charge is 0.312 e. The highest BCUT2D eigenvalue weighted by Gasteiger charge is 2.27. The van der Waals surface area contributed by atoms with E-state index in [0.717, 1.165) is 0 Å². The molecule has 0 bridgehead atoms. The predicted octanol–water partition coefficient (Wildman–Crippen LogP) is 0.254. The first-order valence-electron chi connectivity index (χ1n) is 5.30. The Balaban J connectivity index is 3.82. The number of carbonyl (C=O) groups excluding carboxylic acids is 2. The van der Waals surface area contributed by atoms with Crippen molar-refractivity contribution in [1.82, 2.24) is 10.2 Å². The van der Waals surface area contributed by atoms with E-state index in [1.165, 1.54) is 7.11 Å². The Bertz CT molecular complexity index is 250. The lowest BCUT2D eigenvalue weighted by molar-refractivity contribution is -0.150. The molecule has 0 unspecified atom stereocenters. The van der Waals surface area contributed by atoms with Gasteiger partial charge in [-0.15, -0.1) is 0 Å². The Kier molecular flexibility index (Phi) is 6.03. The molecule has 0 aromatic carbocycles. The van der Waals surface area contributed by atoms with Crippen molar-refractivity contribution in [3.8, 4) is 0 Å². The number of carbonyl (C=O) groups is 2. The van der Waals surface area contributed by atoms with Crippen LogP contribution in [0.2, 0.25) is 0 Å². The summed E-state index contributed by atoms with van der Waals surface area (Å²) < 4.78 is 4.68. The zero-order valence-electron chi connectivity index (χ0n) is 10.8. The van der Waals surface area contributed by atoms with Crippen molar-refractivity contribution in [2.45, 2.75) is 20.3 Å². The molecule has 0 aliphatic rings. The van der Waals surface area contributed by atoms with E-state index in [9.17, 15) is 9.59 Å². The Morgan fingerprint density at radius 3 is 2.31 bits per heavy atom. The number of nitrogens with zero attached hydrogens (tertiary/aromatic N) is 1. The van der Waals surface area contributed by atoms with Crippen molar-refractivity contribution in [3.05, 3.63) is 0 Å². The number of amides is 1. The maximum absolute atomic E-state index is 11.3. The second-order valence-electron chi connectivity index (χ2n) is 4.59. The fourth-order valence-corrected chi connectivity index (χ4v) is 1.17. The molecular formula is C11H22N2O3. The van der Waals surface area contributed by atoms with Gasteiger partial charge in [0.1, 0.15) is 0 Å². The predicted molar refractivity (Wildman–Crippen MR) is 62.0 cm³/mol. The van der Waals surface area contributed by atoms with Gasteiger partial charge in [0, 0.05) is 33.6 Å². The molecule has 0 aromatic heterocycles. The van der Waals surface area contributed by atoms with Crippen LogP contribution in [0.4, 0.5) is 0 Å². The van der Waals surface area contributed by atoms with E-state index in [2.05, 4.69) is 10.1 Å². The molecule has 0 aliphatic carbocycles.